The Morgan fingerprint density at radius 3 is 2.72 bits per heavy atom. The van der Waals surface area contributed by atoms with Crippen molar-refractivity contribution in [1.82, 2.24) is 15.3 Å². The number of para-hydroxylation sites is 1. The van der Waals surface area contributed by atoms with E-state index >= 15 is 0 Å². The fraction of sp³-hybridized carbons (Fsp3) is 0.105. The summed E-state index contributed by atoms with van der Waals surface area (Å²) in [5.74, 6) is 1.25. The SMILES string of the molecule is O=C(NCCOc1ccccc1)c1cccc(Nc2cnccn2)c1. The highest BCUT2D eigenvalue weighted by molar-refractivity contribution is 5.95. The summed E-state index contributed by atoms with van der Waals surface area (Å²) >= 11 is 0. The summed E-state index contributed by atoms with van der Waals surface area (Å²) in [5, 5.41) is 5.95. The number of anilines is 2. The maximum atomic E-state index is 12.2. The van der Waals surface area contributed by atoms with Gasteiger partial charge in [-0.05, 0) is 30.3 Å². The summed E-state index contributed by atoms with van der Waals surface area (Å²) in [6, 6.07) is 16.7. The first kappa shape index (κ1) is 16.4. The summed E-state index contributed by atoms with van der Waals surface area (Å²) in [6.07, 6.45) is 4.83. The number of nitrogens with one attached hydrogen (secondary N) is 2. The molecule has 1 heterocycles. The van der Waals surface area contributed by atoms with Crippen molar-refractivity contribution in [3.05, 3.63) is 78.8 Å². The van der Waals surface area contributed by atoms with Crippen molar-refractivity contribution in [2.24, 2.45) is 0 Å². The van der Waals surface area contributed by atoms with Gasteiger partial charge in [0.1, 0.15) is 18.2 Å². The van der Waals surface area contributed by atoms with Crippen molar-refractivity contribution in [3.8, 4) is 5.75 Å². The first-order valence-electron chi connectivity index (χ1n) is 7.90. The number of aromatic nitrogens is 2. The molecule has 2 N–H and O–H groups in total. The smallest absolute Gasteiger partial charge is 0.251 e. The molecule has 6 nitrogen and oxygen atoms in total. The lowest BCUT2D eigenvalue weighted by molar-refractivity contribution is 0.0947. The molecule has 3 aromatic rings. The lowest BCUT2D eigenvalue weighted by atomic mass is 10.2. The largest absolute Gasteiger partial charge is 0.492 e. The van der Waals surface area contributed by atoms with Crippen molar-refractivity contribution in [1.29, 1.82) is 0 Å². The first-order valence-corrected chi connectivity index (χ1v) is 7.90. The molecule has 6 heteroatoms. The van der Waals surface area contributed by atoms with Gasteiger partial charge in [0.15, 0.2) is 0 Å². The van der Waals surface area contributed by atoms with Gasteiger partial charge in [-0.2, -0.15) is 0 Å². The van der Waals surface area contributed by atoms with Crippen LogP contribution in [-0.4, -0.2) is 29.0 Å². The molecule has 0 aliphatic heterocycles. The molecule has 25 heavy (non-hydrogen) atoms. The normalized spacial score (nSPS) is 10.1. The minimum absolute atomic E-state index is 0.153. The van der Waals surface area contributed by atoms with Gasteiger partial charge in [0.2, 0.25) is 0 Å². The Bertz CT molecular complexity index is 810. The maximum Gasteiger partial charge on any atom is 0.251 e. The van der Waals surface area contributed by atoms with E-state index in [0.29, 0.717) is 24.5 Å². The molecule has 0 radical (unpaired) electrons. The third-order valence-corrected chi connectivity index (χ3v) is 3.36. The summed E-state index contributed by atoms with van der Waals surface area (Å²) < 4.78 is 5.55. The van der Waals surface area contributed by atoms with E-state index in [2.05, 4.69) is 20.6 Å². The first-order chi connectivity index (χ1) is 12.3. The number of benzene rings is 2. The van der Waals surface area contributed by atoms with Crippen LogP contribution < -0.4 is 15.4 Å². The fourth-order valence-electron chi connectivity index (χ4n) is 2.20. The van der Waals surface area contributed by atoms with Crippen molar-refractivity contribution >= 4 is 17.4 Å². The van der Waals surface area contributed by atoms with Crippen LogP contribution in [0, 0.1) is 0 Å². The Kier molecular flexibility index (Phi) is 5.56. The second kappa shape index (κ2) is 8.44. The van der Waals surface area contributed by atoms with Crippen molar-refractivity contribution in [2.75, 3.05) is 18.5 Å². The standard InChI is InChI=1S/C19H18N4O2/c24-19(22-11-12-25-17-7-2-1-3-8-17)15-5-4-6-16(13-15)23-18-14-20-9-10-21-18/h1-10,13-14H,11-12H2,(H,21,23)(H,22,24). The number of hydrogen-bond acceptors (Lipinski definition) is 5. The van der Waals surface area contributed by atoms with Crippen LogP contribution >= 0.6 is 0 Å². The van der Waals surface area contributed by atoms with E-state index in [4.69, 9.17) is 4.74 Å². The molecule has 0 saturated heterocycles. The van der Waals surface area contributed by atoms with Crippen LogP contribution in [0.1, 0.15) is 10.4 Å². The van der Waals surface area contributed by atoms with Crippen LogP contribution in [0.25, 0.3) is 0 Å². The number of carbonyl (C=O) groups is 1. The highest BCUT2D eigenvalue weighted by Gasteiger charge is 2.06. The van der Waals surface area contributed by atoms with Gasteiger partial charge in [-0.15, -0.1) is 0 Å². The van der Waals surface area contributed by atoms with Crippen LogP contribution in [0.5, 0.6) is 5.75 Å². The molecule has 2 aromatic carbocycles. The molecule has 0 fully saturated rings. The van der Waals surface area contributed by atoms with Crippen LogP contribution in [0.3, 0.4) is 0 Å². The summed E-state index contributed by atoms with van der Waals surface area (Å²) in [5.41, 5.74) is 1.34. The average molecular weight is 334 g/mol. The molecule has 126 valence electrons. The van der Waals surface area contributed by atoms with E-state index in [0.717, 1.165) is 11.4 Å². The van der Waals surface area contributed by atoms with Crippen LogP contribution in [0.2, 0.25) is 0 Å². The lowest BCUT2D eigenvalue weighted by Gasteiger charge is -2.09. The Balaban J connectivity index is 1.51. The van der Waals surface area contributed by atoms with E-state index in [1.54, 1.807) is 30.7 Å². The molecular weight excluding hydrogens is 316 g/mol. The number of nitrogens with zero attached hydrogens (tertiary/aromatic N) is 2. The number of amides is 1. The van der Waals surface area contributed by atoms with Gasteiger partial charge in [-0.25, -0.2) is 4.98 Å². The Labute approximate surface area is 145 Å². The highest BCUT2D eigenvalue weighted by atomic mass is 16.5. The third kappa shape index (κ3) is 5.04. The van der Waals surface area contributed by atoms with Gasteiger partial charge in [0.05, 0.1) is 12.7 Å². The minimum atomic E-state index is -0.153. The molecule has 0 atom stereocenters. The van der Waals surface area contributed by atoms with E-state index in [1.807, 2.05) is 42.5 Å². The van der Waals surface area contributed by atoms with Crippen LogP contribution in [-0.2, 0) is 0 Å². The summed E-state index contributed by atoms with van der Waals surface area (Å²) in [6.45, 7) is 0.836. The number of carbonyl (C=O) groups excluding carboxylic acids is 1. The molecule has 0 aliphatic rings. The molecule has 1 amide bonds. The molecule has 3 rings (SSSR count). The van der Waals surface area contributed by atoms with Crippen molar-refractivity contribution in [2.45, 2.75) is 0 Å². The van der Waals surface area contributed by atoms with E-state index < -0.39 is 0 Å². The number of hydrogen-bond donors (Lipinski definition) is 2. The quantitative estimate of drug-likeness (QED) is 0.650. The number of ether oxygens (including phenoxy) is 1. The van der Waals surface area contributed by atoms with Gasteiger partial charge >= 0.3 is 0 Å². The van der Waals surface area contributed by atoms with Crippen LogP contribution in [0.4, 0.5) is 11.5 Å². The van der Waals surface area contributed by atoms with Crippen LogP contribution in [0.15, 0.2) is 73.2 Å². The number of rotatable bonds is 7. The van der Waals surface area contributed by atoms with E-state index in [9.17, 15) is 4.79 Å². The van der Waals surface area contributed by atoms with E-state index in [-0.39, 0.29) is 5.91 Å². The summed E-state index contributed by atoms with van der Waals surface area (Å²) in [7, 11) is 0. The molecule has 0 aliphatic carbocycles. The molecule has 0 bridgehead atoms. The van der Waals surface area contributed by atoms with Crippen molar-refractivity contribution < 1.29 is 9.53 Å². The minimum Gasteiger partial charge on any atom is -0.492 e. The molecule has 0 unspecified atom stereocenters. The predicted octanol–water partition coefficient (Wildman–Crippen LogP) is 3.03. The Hall–Kier alpha value is -3.41. The predicted molar refractivity (Wildman–Crippen MR) is 96.0 cm³/mol. The zero-order chi connectivity index (χ0) is 17.3. The molecule has 1 aromatic heterocycles. The Morgan fingerprint density at radius 2 is 1.92 bits per heavy atom. The zero-order valence-electron chi connectivity index (χ0n) is 13.6. The topological polar surface area (TPSA) is 76.1 Å². The molecule has 0 saturated carbocycles. The van der Waals surface area contributed by atoms with Gasteiger partial charge in [-0.3, -0.25) is 9.78 Å². The monoisotopic (exact) mass is 334 g/mol. The Morgan fingerprint density at radius 1 is 1.04 bits per heavy atom. The van der Waals surface area contributed by atoms with E-state index in [1.165, 1.54) is 0 Å². The highest BCUT2D eigenvalue weighted by Crippen LogP contribution is 2.15. The van der Waals surface area contributed by atoms with Crippen molar-refractivity contribution in [3.63, 3.8) is 0 Å². The second-order valence-corrected chi connectivity index (χ2v) is 5.21. The second-order valence-electron chi connectivity index (χ2n) is 5.21. The molecule has 0 spiro atoms. The maximum absolute atomic E-state index is 12.2. The third-order valence-electron chi connectivity index (χ3n) is 3.36. The molecular formula is C19H18N4O2. The fourth-order valence-corrected chi connectivity index (χ4v) is 2.20. The average Bonchev–Trinajstić information content (AvgIpc) is 2.67. The lowest BCUT2D eigenvalue weighted by Crippen LogP contribution is -2.28. The zero-order valence-corrected chi connectivity index (χ0v) is 13.6. The van der Waals surface area contributed by atoms with Gasteiger partial charge in [0.25, 0.3) is 5.91 Å². The van der Waals surface area contributed by atoms with Gasteiger partial charge < -0.3 is 15.4 Å². The van der Waals surface area contributed by atoms with Gasteiger partial charge in [0, 0.05) is 23.6 Å². The summed E-state index contributed by atoms with van der Waals surface area (Å²) in [4.78, 5) is 20.4. The van der Waals surface area contributed by atoms with Gasteiger partial charge in [-0.1, -0.05) is 24.3 Å².